The zero-order chi connectivity index (χ0) is 13.2. The standard InChI is InChI=1S/C12H19N3O2S/c1-9(11-3-4-11)7-15-18(16,17)12-5-2-10(6-13)8-14-12/h2,5,8-9,11,15H,3-4,6-7,13H2,1H3. The van der Waals surface area contributed by atoms with Gasteiger partial charge in [0.2, 0.25) is 0 Å². The van der Waals surface area contributed by atoms with Crippen LogP contribution in [0.5, 0.6) is 0 Å². The van der Waals surface area contributed by atoms with Crippen molar-refractivity contribution in [3.05, 3.63) is 23.9 Å². The van der Waals surface area contributed by atoms with Gasteiger partial charge in [0, 0.05) is 19.3 Å². The van der Waals surface area contributed by atoms with E-state index in [1.165, 1.54) is 25.1 Å². The van der Waals surface area contributed by atoms with Crippen molar-refractivity contribution in [1.82, 2.24) is 9.71 Å². The molecule has 1 atom stereocenters. The maximum Gasteiger partial charge on any atom is 0.258 e. The first kappa shape index (κ1) is 13.5. The summed E-state index contributed by atoms with van der Waals surface area (Å²) in [6, 6.07) is 3.18. The molecule has 3 N–H and O–H groups in total. The molecular formula is C12H19N3O2S. The van der Waals surface area contributed by atoms with Crippen molar-refractivity contribution in [3.63, 3.8) is 0 Å². The van der Waals surface area contributed by atoms with E-state index in [4.69, 9.17) is 5.73 Å². The Labute approximate surface area is 108 Å². The van der Waals surface area contributed by atoms with Crippen LogP contribution in [0.1, 0.15) is 25.3 Å². The molecule has 0 amide bonds. The number of nitrogens with zero attached hydrogens (tertiary/aromatic N) is 1. The molecule has 6 heteroatoms. The highest BCUT2D eigenvalue weighted by molar-refractivity contribution is 7.89. The van der Waals surface area contributed by atoms with E-state index in [2.05, 4.69) is 16.6 Å². The lowest BCUT2D eigenvalue weighted by Crippen LogP contribution is -2.29. The van der Waals surface area contributed by atoms with Crippen LogP contribution >= 0.6 is 0 Å². The van der Waals surface area contributed by atoms with Crippen LogP contribution in [0.3, 0.4) is 0 Å². The summed E-state index contributed by atoms with van der Waals surface area (Å²) in [5, 5.41) is 0.0581. The van der Waals surface area contributed by atoms with Crippen molar-refractivity contribution < 1.29 is 8.42 Å². The first-order valence-corrected chi connectivity index (χ1v) is 7.66. The maximum absolute atomic E-state index is 12.0. The monoisotopic (exact) mass is 269 g/mol. The Morgan fingerprint density at radius 3 is 2.72 bits per heavy atom. The minimum absolute atomic E-state index is 0.0581. The van der Waals surface area contributed by atoms with Crippen LogP contribution < -0.4 is 10.5 Å². The highest BCUT2D eigenvalue weighted by atomic mass is 32.2. The molecule has 1 aromatic rings. The second kappa shape index (κ2) is 5.34. The quantitative estimate of drug-likeness (QED) is 0.802. The first-order valence-electron chi connectivity index (χ1n) is 6.17. The van der Waals surface area contributed by atoms with E-state index in [1.807, 2.05) is 0 Å². The zero-order valence-electron chi connectivity index (χ0n) is 10.5. The molecule has 1 saturated carbocycles. The third-order valence-corrected chi connectivity index (χ3v) is 4.67. The Bertz CT molecular complexity index is 495. The number of hydrogen-bond donors (Lipinski definition) is 2. The maximum atomic E-state index is 12.0. The third kappa shape index (κ3) is 3.28. The van der Waals surface area contributed by atoms with Crippen LogP contribution in [-0.2, 0) is 16.6 Å². The van der Waals surface area contributed by atoms with E-state index < -0.39 is 10.0 Å². The summed E-state index contributed by atoms with van der Waals surface area (Å²) in [6.45, 7) is 2.91. The number of sulfonamides is 1. The van der Waals surface area contributed by atoms with Crippen molar-refractivity contribution in [2.75, 3.05) is 6.54 Å². The smallest absolute Gasteiger partial charge is 0.258 e. The minimum Gasteiger partial charge on any atom is -0.326 e. The molecule has 2 rings (SSSR count). The Morgan fingerprint density at radius 1 is 1.50 bits per heavy atom. The molecule has 1 fully saturated rings. The number of nitrogens with one attached hydrogen (secondary N) is 1. The summed E-state index contributed by atoms with van der Waals surface area (Å²) in [4.78, 5) is 3.93. The van der Waals surface area contributed by atoms with Crippen LogP contribution in [0.2, 0.25) is 0 Å². The van der Waals surface area contributed by atoms with Gasteiger partial charge in [-0.1, -0.05) is 13.0 Å². The van der Waals surface area contributed by atoms with Gasteiger partial charge in [-0.25, -0.2) is 18.1 Å². The van der Waals surface area contributed by atoms with Gasteiger partial charge in [0.15, 0.2) is 5.03 Å². The summed E-state index contributed by atoms with van der Waals surface area (Å²) < 4.78 is 26.6. The molecule has 0 bridgehead atoms. The summed E-state index contributed by atoms with van der Waals surface area (Å²) in [7, 11) is -3.49. The second-order valence-corrected chi connectivity index (χ2v) is 6.59. The average Bonchev–Trinajstić information content (AvgIpc) is 3.20. The predicted molar refractivity (Wildman–Crippen MR) is 69.2 cm³/mol. The van der Waals surface area contributed by atoms with Gasteiger partial charge in [-0.05, 0) is 36.3 Å². The molecule has 5 nitrogen and oxygen atoms in total. The second-order valence-electron chi connectivity index (χ2n) is 4.88. The van der Waals surface area contributed by atoms with E-state index in [-0.39, 0.29) is 5.03 Å². The first-order chi connectivity index (χ1) is 8.53. The number of aromatic nitrogens is 1. The van der Waals surface area contributed by atoms with E-state index in [0.29, 0.717) is 24.9 Å². The third-order valence-electron chi connectivity index (χ3n) is 3.33. The Morgan fingerprint density at radius 2 is 2.22 bits per heavy atom. The van der Waals surface area contributed by atoms with Crippen molar-refractivity contribution in [3.8, 4) is 0 Å². The highest BCUT2D eigenvalue weighted by Gasteiger charge is 2.29. The highest BCUT2D eigenvalue weighted by Crippen LogP contribution is 2.36. The minimum atomic E-state index is -3.49. The molecule has 1 unspecified atom stereocenters. The fraction of sp³-hybridized carbons (Fsp3) is 0.583. The lowest BCUT2D eigenvalue weighted by atomic mass is 10.1. The average molecular weight is 269 g/mol. The van der Waals surface area contributed by atoms with Gasteiger partial charge in [0.1, 0.15) is 0 Å². The number of nitrogens with two attached hydrogens (primary N) is 1. The van der Waals surface area contributed by atoms with Gasteiger partial charge in [0.05, 0.1) is 0 Å². The molecule has 0 saturated heterocycles. The fourth-order valence-electron chi connectivity index (χ4n) is 1.84. The molecule has 18 heavy (non-hydrogen) atoms. The van der Waals surface area contributed by atoms with Crippen molar-refractivity contribution >= 4 is 10.0 Å². The number of rotatable bonds is 6. The summed E-state index contributed by atoms with van der Waals surface area (Å²) in [6.07, 6.45) is 3.93. The molecule has 1 aliphatic carbocycles. The summed E-state index contributed by atoms with van der Waals surface area (Å²) in [5.41, 5.74) is 6.26. The SMILES string of the molecule is CC(CNS(=O)(=O)c1ccc(CN)cn1)C1CC1. The van der Waals surface area contributed by atoms with Crippen molar-refractivity contribution in [2.45, 2.75) is 31.3 Å². The Hall–Kier alpha value is -0.980. The lowest BCUT2D eigenvalue weighted by molar-refractivity contribution is 0.491. The van der Waals surface area contributed by atoms with Gasteiger partial charge >= 0.3 is 0 Å². The van der Waals surface area contributed by atoms with E-state index >= 15 is 0 Å². The van der Waals surface area contributed by atoms with Crippen LogP contribution in [0.25, 0.3) is 0 Å². The van der Waals surface area contributed by atoms with Crippen molar-refractivity contribution in [2.24, 2.45) is 17.6 Å². The topological polar surface area (TPSA) is 85.1 Å². The van der Waals surface area contributed by atoms with Crippen molar-refractivity contribution in [1.29, 1.82) is 0 Å². The van der Waals surface area contributed by atoms with Gasteiger partial charge in [-0.15, -0.1) is 0 Å². The molecule has 0 aromatic carbocycles. The Kier molecular flexibility index (Phi) is 3.99. The largest absolute Gasteiger partial charge is 0.326 e. The van der Waals surface area contributed by atoms with Gasteiger partial charge in [-0.2, -0.15) is 0 Å². The zero-order valence-corrected chi connectivity index (χ0v) is 11.3. The predicted octanol–water partition coefficient (Wildman–Crippen LogP) is 0.865. The molecule has 0 radical (unpaired) electrons. The Balaban J connectivity index is 1.99. The molecule has 0 aliphatic heterocycles. The molecular weight excluding hydrogens is 250 g/mol. The van der Waals surface area contributed by atoms with E-state index in [9.17, 15) is 8.42 Å². The van der Waals surface area contributed by atoms with E-state index in [0.717, 1.165) is 5.56 Å². The summed E-state index contributed by atoms with van der Waals surface area (Å²) >= 11 is 0. The fourth-order valence-corrected chi connectivity index (χ4v) is 2.91. The van der Waals surface area contributed by atoms with Crippen LogP contribution in [0.4, 0.5) is 0 Å². The molecule has 1 aromatic heterocycles. The van der Waals surface area contributed by atoms with Crippen LogP contribution in [-0.4, -0.2) is 19.9 Å². The van der Waals surface area contributed by atoms with Gasteiger partial charge in [-0.3, -0.25) is 0 Å². The van der Waals surface area contributed by atoms with Gasteiger partial charge < -0.3 is 5.73 Å². The van der Waals surface area contributed by atoms with Gasteiger partial charge in [0.25, 0.3) is 10.0 Å². The number of hydrogen-bond acceptors (Lipinski definition) is 4. The van der Waals surface area contributed by atoms with Crippen LogP contribution in [0, 0.1) is 11.8 Å². The molecule has 100 valence electrons. The molecule has 0 spiro atoms. The van der Waals surface area contributed by atoms with Crippen LogP contribution in [0.15, 0.2) is 23.4 Å². The molecule has 1 heterocycles. The van der Waals surface area contributed by atoms with E-state index in [1.54, 1.807) is 6.07 Å². The summed E-state index contributed by atoms with van der Waals surface area (Å²) in [5.74, 6) is 1.07. The number of pyridine rings is 1. The normalized spacial score (nSPS) is 17.7. The lowest BCUT2D eigenvalue weighted by Gasteiger charge is -2.11. The molecule has 1 aliphatic rings.